The van der Waals surface area contributed by atoms with Gasteiger partial charge in [0.05, 0.1) is 0 Å². The highest BCUT2D eigenvalue weighted by Gasteiger charge is 2.17. The highest BCUT2D eigenvalue weighted by molar-refractivity contribution is 7.26. The molecule has 0 nitrogen and oxygen atoms in total. The Morgan fingerprint density at radius 3 is 1.76 bits per heavy atom. The molecule has 0 atom stereocenters. The number of rotatable bonds is 3. The first-order valence-corrected chi connectivity index (χ1v) is 14.9. The van der Waals surface area contributed by atoms with E-state index in [0.29, 0.717) is 0 Å². The summed E-state index contributed by atoms with van der Waals surface area (Å²) >= 11 is 1.89. The van der Waals surface area contributed by atoms with Gasteiger partial charge in [-0.2, -0.15) is 0 Å². The van der Waals surface area contributed by atoms with Crippen LogP contribution in [-0.4, -0.2) is 0 Å². The molecule has 9 aromatic rings. The van der Waals surface area contributed by atoms with Crippen molar-refractivity contribution in [2.45, 2.75) is 0 Å². The molecule has 0 N–H and O–H groups in total. The summed E-state index contributed by atoms with van der Waals surface area (Å²) in [6.07, 6.45) is 0. The molecule has 0 aliphatic rings. The van der Waals surface area contributed by atoms with Crippen molar-refractivity contribution < 1.29 is 0 Å². The molecule has 8 aromatic carbocycles. The van der Waals surface area contributed by atoms with Crippen LogP contribution in [0.1, 0.15) is 0 Å². The fraction of sp³-hybridized carbons (Fsp3) is 0. The van der Waals surface area contributed by atoms with Gasteiger partial charge in [0.1, 0.15) is 0 Å². The molecule has 0 bridgehead atoms. The van der Waals surface area contributed by atoms with Crippen LogP contribution >= 0.6 is 11.3 Å². The molecule has 1 heterocycles. The minimum Gasteiger partial charge on any atom is -0.135 e. The van der Waals surface area contributed by atoms with Crippen LogP contribution in [0.4, 0.5) is 0 Å². The van der Waals surface area contributed by atoms with Crippen LogP contribution in [0.15, 0.2) is 146 Å². The zero-order valence-electron chi connectivity index (χ0n) is 22.3. The second-order valence-electron chi connectivity index (χ2n) is 10.9. The molecule has 0 aliphatic carbocycles. The summed E-state index contributed by atoms with van der Waals surface area (Å²) in [6, 6.07) is 53.7. The first-order chi connectivity index (χ1) is 20.3. The van der Waals surface area contributed by atoms with Crippen molar-refractivity contribution in [3.05, 3.63) is 146 Å². The SMILES string of the molecule is c1ccc(-c2cc(-c3cccc(-c4cccc5c4sc4ccccc45)c3)c3ccc4cccc5ccc2c3c54)cc1. The van der Waals surface area contributed by atoms with Gasteiger partial charge in [-0.15, -0.1) is 11.3 Å². The van der Waals surface area contributed by atoms with Crippen LogP contribution in [0, 0.1) is 0 Å². The van der Waals surface area contributed by atoms with E-state index >= 15 is 0 Å². The molecule has 0 unspecified atom stereocenters. The van der Waals surface area contributed by atoms with Gasteiger partial charge in [-0.1, -0.05) is 127 Å². The third-order valence-corrected chi connectivity index (χ3v) is 9.84. The smallest absolute Gasteiger partial charge is 0.0433 e. The van der Waals surface area contributed by atoms with Gasteiger partial charge in [-0.3, -0.25) is 0 Å². The van der Waals surface area contributed by atoms with Crippen LogP contribution in [-0.2, 0) is 0 Å². The molecular formula is C40H24S. The van der Waals surface area contributed by atoms with Gasteiger partial charge < -0.3 is 0 Å². The van der Waals surface area contributed by atoms with E-state index in [4.69, 9.17) is 0 Å². The second-order valence-corrected chi connectivity index (χ2v) is 11.9. The maximum Gasteiger partial charge on any atom is 0.0433 e. The first-order valence-electron chi connectivity index (χ1n) is 14.1. The van der Waals surface area contributed by atoms with E-state index in [1.165, 1.54) is 85.9 Å². The van der Waals surface area contributed by atoms with Crippen molar-refractivity contribution in [2.24, 2.45) is 0 Å². The highest BCUT2D eigenvalue weighted by Crippen LogP contribution is 2.45. The summed E-state index contributed by atoms with van der Waals surface area (Å²) in [7, 11) is 0. The average molecular weight is 537 g/mol. The van der Waals surface area contributed by atoms with Crippen molar-refractivity contribution in [1.29, 1.82) is 0 Å². The van der Waals surface area contributed by atoms with E-state index in [1.54, 1.807) is 0 Å². The summed E-state index contributed by atoms with van der Waals surface area (Å²) in [5.74, 6) is 0. The lowest BCUT2D eigenvalue weighted by Gasteiger charge is -2.18. The van der Waals surface area contributed by atoms with Crippen LogP contribution in [0.3, 0.4) is 0 Å². The zero-order chi connectivity index (χ0) is 26.9. The van der Waals surface area contributed by atoms with Crippen LogP contribution in [0.5, 0.6) is 0 Å². The van der Waals surface area contributed by atoms with Crippen molar-refractivity contribution in [3.8, 4) is 33.4 Å². The van der Waals surface area contributed by atoms with Gasteiger partial charge in [0.25, 0.3) is 0 Å². The van der Waals surface area contributed by atoms with Gasteiger partial charge >= 0.3 is 0 Å². The Labute approximate surface area is 242 Å². The van der Waals surface area contributed by atoms with Crippen molar-refractivity contribution >= 4 is 63.8 Å². The van der Waals surface area contributed by atoms with Gasteiger partial charge in [0.2, 0.25) is 0 Å². The van der Waals surface area contributed by atoms with Crippen molar-refractivity contribution in [1.82, 2.24) is 0 Å². The first kappa shape index (κ1) is 22.8. The minimum absolute atomic E-state index is 1.25. The quantitative estimate of drug-likeness (QED) is 0.197. The van der Waals surface area contributed by atoms with Gasteiger partial charge in [0, 0.05) is 20.2 Å². The fourth-order valence-corrected chi connectivity index (χ4v) is 7.99. The predicted molar refractivity (Wildman–Crippen MR) is 179 cm³/mol. The molecule has 0 fully saturated rings. The van der Waals surface area contributed by atoms with E-state index < -0.39 is 0 Å². The zero-order valence-corrected chi connectivity index (χ0v) is 23.1. The number of fused-ring (bicyclic) bond motifs is 3. The Morgan fingerprint density at radius 2 is 0.951 bits per heavy atom. The third kappa shape index (κ3) is 3.40. The Kier molecular flexibility index (Phi) is 4.87. The van der Waals surface area contributed by atoms with Crippen molar-refractivity contribution in [2.75, 3.05) is 0 Å². The molecule has 0 aliphatic heterocycles. The molecule has 1 heteroatoms. The molecular weight excluding hydrogens is 513 g/mol. The fourth-order valence-electron chi connectivity index (χ4n) is 6.76. The average Bonchev–Trinajstić information content (AvgIpc) is 3.43. The largest absolute Gasteiger partial charge is 0.135 e. The Morgan fingerprint density at radius 1 is 0.341 bits per heavy atom. The standard InChI is InChI=1S/C40H24S/c1-2-9-25(10-3-1)35-24-36(33-22-20-27-12-6-11-26-19-21-32(35)39(33)38(26)27)29-14-7-13-28(23-29)30-16-8-17-34-31-15-4-5-18-37(31)41-40(30)34/h1-24H. The number of thiophene rings is 1. The maximum atomic E-state index is 2.41. The van der Waals surface area contributed by atoms with Crippen LogP contribution in [0.2, 0.25) is 0 Å². The van der Waals surface area contributed by atoms with Crippen LogP contribution < -0.4 is 0 Å². The number of benzene rings is 8. The molecule has 0 radical (unpaired) electrons. The van der Waals surface area contributed by atoms with E-state index in [-0.39, 0.29) is 0 Å². The lowest BCUT2D eigenvalue weighted by atomic mass is 9.85. The minimum atomic E-state index is 1.25. The molecule has 41 heavy (non-hydrogen) atoms. The molecule has 0 spiro atoms. The van der Waals surface area contributed by atoms with Gasteiger partial charge in [-0.05, 0) is 83.9 Å². The topological polar surface area (TPSA) is 0 Å². The number of hydrogen-bond donors (Lipinski definition) is 0. The maximum absolute atomic E-state index is 2.41. The summed E-state index contributed by atoms with van der Waals surface area (Å²) in [6.45, 7) is 0. The second kappa shape index (κ2) is 8.76. The summed E-state index contributed by atoms with van der Waals surface area (Å²) < 4.78 is 2.69. The molecule has 190 valence electrons. The lowest BCUT2D eigenvalue weighted by molar-refractivity contribution is 1.62. The van der Waals surface area contributed by atoms with Gasteiger partial charge in [-0.25, -0.2) is 0 Å². The molecule has 1 aromatic heterocycles. The third-order valence-electron chi connectivity index (χ3n) is 8.62. The molecule has 0 saturated carbocycles. The monoisotopic (exact) mass is 536 g/mol. The summed E-state index contributed by atoms with van der Waals surface area (Å²) in [5.41, 5.74) is 7.61. The predicted octanol–water partition coefficient (Wildman–Crippen LogP) is 12.0. The van der Waals surface area contributed by atoms with E-state index in [1.807, 2.05) is 11.3 Å². The molecule has 0 amide bonds. The lowest BCUT2D eigenvalue weighted by Crippen LogP contribution is -1.91. The number of hydrogen-bond acceptors (Lipinski definition) is 1. The normalized spacial score (nSPS) is 11.9. The Hall–Kier alpha value is -4.98. The van der Waals surface area contributed by atoms with E-state index in [9.17, 15) is 0 Å². The highest BCUT2D eigenvalue weighted by atomic mass is 32.1. The molecule has 9 rings (SSSR count). The van der Waals surface area contributed by atoms with Crippen molar-refractivity contribution in [3.63, 3.8) is 0 Å². The Balaban J connectivity index is 1.34. The summed E-state index contributed by atoms with van der Waals surface area (Å²) in [5, 5.41) is 10.6. The van der Waals surface area contributed by atoms with Gasteiger partial charge in [0.15, 0.2) is 0 Å². The van der Waals surface area contributed by atoms with E-state index in [0.717, 1.165) is 0 Å². The van der Waals surface area contributed by atoms with Crippen LogP contribution in [0.25, 0.3) is 85.9 Å². The molecule has 0 saturated heterocycles. The summed E-state index contributed by atoms with van der Waals surface area (Å²) in [4.78, 5) is 0. The Bertz CT molecular complexity index is 2390. The van der Waals surface area contributed by atoms with E-state index in [2.05, 4.69) is 146 Å².